The van der Waals surface area contributed by atoms with E-state index in [0.29, 0.717) is 23.0 Å². The number of nitrogens with zero attached hydrogens (tertiary/aromatic N) is 3. The van der Waals surface area contributed by atoms with Crippen LogP contribution in [0.4, 0.5) is 5.69 Å². The number of hydrazone groups is 1. The lowest BCUT2D eigenvalue weighted by Gasteiger charge is -2.23. The van der Waals surface area contributed by atoms with Gasteiger partial charge in [0.2, 0.25) is 5.91 Å². The molecule has 2 atom stereocenters. The van der Waals surface area contributed by atoms with Gasteiger partial charge in [-0.05, 0) is 37.1 Å². The molecule has 0 saturated heterocycles. The average Bonchev–Trinajstić information content (AvgIpc) is 3.49. The number of rotatable bonds is 6. The number of aliphatic imine (C=N–C) groups is 1. The number of thioether (sulfide) groups is 1. The molecule has 0 fully saturated rings. The zero-order chi connectivity index (χ0) is 25.9. The number of methoxy groups -OCH3 is 1. The number of anilines is 1. The number of para-hydroxylation sites is 2. The predicted octanol–water partition coefficient (Wildman–Crippen LogP) is 5.49. The second kappa shape index (κ2) is 10.6. The molecule has 1 N–H and O–H groups in total. The molecule has 37 heavy (non-hydrogen) atoms. The van der Waals surface area contributed by atoms with Crippen molar-refractivity contribution in [3.05, 3.63) is 95.1 Å². The van der Waals surface area contributed by atoms with Gasteiger partial charge in [-0.25, -0.2) is 5.01 Å². The highest BCUT2D eigenvalue weighted by Crippen LogP contribution is 2.39. The van der Waals surface area contributed by atoms with Crippen molar-refractivity contribution in [2.24, 2.45) is 10.1 Å². The van der Waals surface area contributed by atoms with Crippen molar-refractivity contribution >= 4 is 40.1 Å². The van der Waals surface area contributed by atoms with Crippen molar-refractivity contribution in [2.75, 3.05) is 12.4 Å². The van der Waals surface area contributed by atoms with Gasteiger partial charge in [0.05, 0.1) is 24.6 Å². The summed E-state index contributed by atoms with van der Waals surface area (Å²) >= 11 is 1.29. The number of hydrogen-bond donors (Lipinski definition) is 1. The molecule has 3 aromatic carbocycles. The Morgan fingerprint density at radius 1 is 1.03 bits per heavy atom. The molecular weight excluding hydrogens is 484 g/mol. The number of benzene rings is 3. The summed E-state index contributed by atoms with van der Waals surface area (Å²) in [5.74, 6) is -0.0295. The molecule has 0 bridgehead atoms. The second-order valence-corrected chi connectivity index (χ2v) is 10.3. The van der Waals surface area contributed by atoms with Gasteiger partial charge >= 0.3 is 0 Å². The Labute approximate surface area is 220 Å². The Kier molecular flexibility index (Phi) is 7.10. The largest absolute Gasteiger partial charge is 0.495 e. The van der Waals surface area contributed by atoms with Crippen molar-refractivity contribution in [3.63, 3.8) is 0 Å². The maximum Gasteiger partial charge on any atom is 0.262 e. The van der Waals surface area contributed by atoms with E-state index in [4.69, 9.17) is 9.84 Å². The molecule has 0 unspecified atom stereocenters. The van der Waals surface area contributed by atoms with E-state index >= 15 is 0 Å². The molecule has 0 radical (unpaired) electrons. The van der Waals surface area contributed by atoms with Gasteiger partial charge in [-0.3, -0.25) is 9.59 Å². The van der Waals surface area contributed by atoms with Gasteiger partial charge in [0, 0.05) is 12.8 Å². The van der Waals surface area contributed by atoms with Crippen LogP contribution in [0, 0.1) is 13.8 Å². The fraction of sp³-hybridized carbons (Fsp3) is 0.241. The third kappa shape index (κ3) is 5.44. The SMILES string of the molecule is COc1ccccc1NC(=O)C[C@@H]1SC(N2N=C(c3ccc(C)cc3)C[C@H]2c2ccc(C)cc2)=NC1=O. The summed E-state index contributed by atoms with van der Waals surface area (Å²) in [6.07, 6.45) is 0.699. The first kappa shape index (κ1) is 24.8. The molecule has 2 heterocycles. The van der Waals surface area contributed by atoms with Gasteiger partial charge < -0.3 is 10.1 Å². The Morgan fingerprint density at radius 2 is 1.70 bits per heavy atom. The summed E-state index contributed by atoms with van der Waals surface area (Å²) in [7, 11) is 1.55. The van der Waals surface area contributed by atoms with E-state index in [1.807, 2.05) is 17.1 Å². The van der Waals surface area contributed by atoms with E-state index in [0.717, 1.165) is 16.8 Å². The maximum absolute atomic E-state index is 12.8. The van der Waals surface area contributed by atoms with Crippen LogP contribution in [-0.4, -0.2) is 40.1 Å². The van der Waals surface area contributed by atoms with Crippen LogP contribution in [0.15, 0.2) is 82.9 Å². The fourth-order valence-corrected chi connectivity index (χ4v) is 5.44. The van der Waals surface area contributed by atoms with E-state index < -0.39 is 5.25 Å². The first-order valence-electron chi connectivity index (χ1n) is 12.1. The molecule has 2 aliphatic heterocycles. The molecule has 0 saturated carbocycles. The molecule has 0 aromatic heterocycles. The molecule has 2 aliphatic rings. The van der Waals surface area contributed by atoms with Gasteiger partial charge in [-0.2, -0.15) is 10.1 Å². The van der Waals surface area contributed by atoms with Gasteiger partial charge in [0.15, 0.2) is 5.17 Å². The molecule has 0 aliphatic carbocycles. The first-order valence-corrected chi connectivity index (χ1v) is 13.0. The van der Waals surface area contributed by atoms with Crippen molar-refractivity contribution in [3.8, 4) is 5.75 Å². The van der Waals surface area contributed by atoms with Crippen molar-refractivity contribution < 1.29 is 14.3 Å². The minimum Gasteiger partial charge on any atom is -0.495 e. The number of hydrogen-bond acceptors (Lipinski definition) is 6. The zero-order valence-electron chi connectivity index (χ0n) is 21.0. The minimum atomic E-state index is -0.609. The van der Waals surface area contributed by atoms with Gasteiger partial charge in [-0.1, -0.05) is 83.6 Å². The van der Waals surface area contributed by atoms with Crippen molar-refractivity contribution in [1.29, 1.82) is 0 Å². The lowest BCUT2D eigenvalue weighted by Crippen LogP contribution is -2.25. The smallest absolute Gasteiger partial charge is 0.262 e. The second-order valence-electron chi connectivity index (χ2n) is 9.18. The van der Waals surface area contributed by atoms with Crippen LogP contribution in [0.25, 0.3) is 0 Å². The van der Waals surface area contributed by atoms with Crippen LogP contribution in [0.5, 0.6) is 5.75 Å². The number of nitrogens with one attached hydrogen (secondary N) is 1. The Bertz CT molecular complexity index is 1380. The summed E-state index contributed by atoms with van der Waals surface area (Å²) in [5.41, 5.74) is 6.02. The van der Waals surface area contributed by atoms with E-state index in [2.05, 4.69) is 72.7 Å². The molecule has 8 heteroatoms. The van der Waals surface area contributed by atoms with Gasteiger partial charge in [0.1, 0.15) is 11.0 Å². The van der Waals surface area contributed by atoms with Crippen LogP contribution in [0.1, 0.15) is 41.1 Å². The summed E-state index contributed by atoms with van der Waals surface area (Å²) in [6, 6.07) is 23.7. The Morgan fingerprint density at radius 3 is 2.41 bits per heavy atom. The van der Waals surface area contributed by atoms with Crippen LogP contribution >= 0.6 is 11.8 Å². The van der Waals surface area contributed by atoms with E-state index in [9.17, 15) is 9.59 Å². The third-order valence-electron chi connectivity index (χ3n) is 6.43. The van der Waals surface area contributed by atoms with Crippen LogP contribution < -0.4 is 10.1 Å². The number of carbonyl (C=O) groups is 2. The highest BCUT2D eigenvalue weighted by atomic mass is 32.2. The van der Waals surface area contributed by atoms with Crippen LogP contribution in [0.2, 0.25) is 0 Å². The standard InChI is InChI=1S/C29H28N4O3S/c1-18-8-12-20(13-9-18)23-16-24(21-14-10-19(2)11-15-21)33(32-23)29-31-28(35)26(37-29)17-27(34)30-22-6-4-5-7-25(22)36-3/h4-15,24,26H,16-17H2,1-3H3,(H,30,34)/t24-,26-/m0/s1. The summed E-state index contributed by atoms with van der Waals surface area (Å²) in [5, 5.41) is 9.52. The minimum absolute atomic E-state index is 0.00607. The zero-order valence-corrected chi connectivity index (χ0v) is 21.8. The van der Waals surface area contributed by atoms with Gasteiger partial charge in [-0.15, -0.1) is 0 Å². The molecule has 2 amide bonds. The number of carbonyl (C=O) groups excluding carboxylic acids is 2. The Hall–Kier alpha value is -3.91. The van der Waals surface area contributed by atoms with E-state index in [-0.39, 0.29) is 24.3 Å². The maximum atomic E-state index is 12.8. The molecule has 0 spiro atoms. The lowest BCUT2D eigenvalue weighted by molar-refractivity contribution is -0.121. The molecule has 7 nitrogen and oxygen atoms in total. The number of ether oxygens (including phenoxy) is 1. The molecule has 3 aromatic rings. The first-order chi connectivity index (χ1) is 17.9. The summed E-state index contributed by atoms with van der Waals surface area (Å²) in [6.45, 7) is 4.11. The molecular formula is C29H28N4O3S. The quantitative estimate of drug-likeness (QED) is 0.472. The average molecular weight is 513 g/mol. The summed E-state index contributed by atoms with van der Waals surface area (Å²) < 4.78 is 5.31. The van der Waals surface area contributed by atoms with Crippen LogP contribution in [-0.2, 0) is 9.59 Å². The van der Waals surface area contributed by atoms with E-state index in [1.54, 1.807) is 19.2 Å². The predicted molar refractivity (Wildman–Crippen MR) is 148 cm³/mol. The van der Waals surface area contributed by atoms with E-state index in [1.165, 1.54) is 22.9 Å². The monoisotopic (exact) mass is 512 g/mol. The highest BCUT2D eigenvalue weighted by molar-refractivity contribution is 8.15. The fourth-order valence-electron chi connectivity index (χ4n) is 4.38. The number of amides is 2. The van der Waals surface area contributed by atoms with Crippen molar-refractivity contribution in [2.45, 2.75) is 38.0 Å². The molecule has 5 rings (SSSR count). The van der Waals surface area contributed by atoms with Gasteiger partial charge in [0.25, 0.3) is 5.91 Å². The van der Waals surface area contributed by atoms with Crippen LogP contribution in [0.3, 0.4) is 0 Å². The lowest BCUT2D eigenvalue weighted by atomic mass is 9.97. The number of aryl methyl sites for hydroxylation is 2. The summed E-state index contributed by atoms with van der Waals surface area (Å²) in [4.78, 5) is 29.9. The number of amidine groups is 1. The topological polar surface area (TPSA) is 83.4 Å². The molecule has 188 valence electrons. The van der Waals surface area contributed by atoms with Crippen molar-refractivity contribution in [1.82, 2.24) is 5.01 Å². The Balaban J connectivity index is 1.35. The third-order valence-corrected chi connectivity index (χ3v) is 7.58. The normalized spacial score (nSPS) is 19.0. The highest BCUT2D eigenvalue weighted by Gasteiger charge is 2.39.